The first-order chi connectivity index (χ1) is 11.9. The standard InChI is InChI=1S/C19H26N4O2/c1-13-10-14(2)22-18(24)16(13)11-20-19(25)21-12-17(23(3)4)15-8-6-5-7-9-15/h5-10,17H,11-12H2,1-4H3,(H,22,24)(H2,20,21,25)/t17-/m0/s1. The third-order valence-electron chi connectivity index (χ3n) is 4.18. The predicted molar refractivity (Wildman–Crippen MR) is 99.6 cm³/mol. The van der Waals surface area contributed by atoms with Crippen LogP contribution in [0.5, 0.6) is 0 Å². The maximum absolute atomic E-state index is 12.1. The highest BCUT2D eigenvalue weighted by Gasteiger charge is 2.15. The van der Waals surface area contributed by atoms with Crippen molar-refractivity contribution in [3.8, 4) is 0 Å². The Balaban J connectivity index is 1.93. The molecular weight excluding hydrogens is 316 g/mol. The van der Waals surface area contributed by atoms with Crippen LogP contribution in [0.1, 0.15) is 28.4 Å². The second kappa shape index (κ2) is 8.48. The summed E-state index contributed by atoms with van der Waals surface area (Å²) in [7, 11) is 3.96. The smallest absolute Gasteiger partial charge is 0.315 e. The van der Waals surface area contributed by atoms with E-state index in [4.69, 9.17) is 0 Å². The highest BCUT2D eigenvalue weighted by Crippen LogP contribution is 2.16. The van der Waals surface area contributed by atoms with Gasteiger partial charge >= 0.3 is 6.03 Å². The van der Waals surface area contributed by atoms with Gasteiger partial charge in [-0.3, -0.25) is 4.79 Å². The second-order valence-electron chi connectivity index (χ2n) is 6.40. The largest absolute Gasteiger partial charge is 0.336 e. The van der Waals surface area contributed by atoms with Gasteiger partial charge in [-0.2, -0.15) is 0 Å². The zero-order valence-electron chi connectivity index (χ0n) is 15.2. The number of hydrogen-bond acceptors (Lipinski definition) is 3. The number of urea groups is 1. The van der Waals surface area contributed by atoms with Gasteiger partial charge in [-0.1, -0.05) is 30.3 Å². The Kier molecular flexibility index (Phi) is 6.36. The molecule has 2 amide bonds. The van der Waals surface area contributed by atoms with E-state index in [9.17, 15) is 9.59 Å². The monoisotopic (exact) mass is 342 g/mol. The summed E-state index contributed by atoms with van der Waals surface area (Å²) >= 11 is 0. The highest BCUT2D eigenvalue weighted by molar-refractivity contribution is 5.73. The van der Waals surface area contributed by atoms with Crippen LogP contribution in [0.3, 0.4) is 0 Å². The lowest BCUT2D eigenvalue weighted by atomic mass is 10.1. The van der Waals surface area contributed by atoms with Crippen molar-refractivity contribution >= 4 is 6.03 Å². The van der Waals surface area contributed by atoms with E-state index in [-0.39, 0.29) is 24.2 Å². The van der Waals surface area contributed by atoms with Gasteiger partial charge in [0.1, 0.15) is 0 Å². The summed E-state index contributed by atoms with van der Waals surface area (Å²) in [5.74, 6) is 0. The number of aromatic amines is 1. The molecular formula is C19H26N4O2. The summed E-state index contributed by atoms with van der Waals surface area (Å²) in [6.45, 7) is 4.38. The number of benzene rings is 1. The first-order valence-electron chi connectivity index (χ1n) is 8.31. The van der Waals surface area contributed by atoms with Crippen molar-refractivity contribution in [2.45, 2.75) is 26.4 Å². The van der Waals surface area contributed by atoms with Gasteiger partial charge in [0.25, 0.3) is 5.56 Å². The molecule has 0 spiro atoms. The van der Waals surface area contributed by atoms with Crippen LogP contribution in [0, 0.1) is 13.8 Å². The molecule has 6 heteroatoms. The Morgan fingerprint density at radius 2 is 1.84 bits per heavy atom. The van der Waals surface area contributed by atoms with E-state index in [1.54, 1.807) is 0 Å². The molecule has 134 valence electrons. The molecule has 2 aromatic rings. The molecule has 0 fully saturated rings. The summed E-state index contributed by atoms with van der Waals surface area (Å²) in [5, 5.41) is 5.64. The number of aromatic nitrogens is 1. The molecule has 1 heterocycles. The zero-order valence-corrected chi connectivity index (χ0v) is 15.2. The van der Waals surface area contributed by atoms with Crippen LogP contribution < -0.4 is 16.2 Å². The molecule has 2 rings (SSSR count). The van der Waals surface area contributed by atoms with Crippen LogP contribution in [0.15, 0.2) is 41.2 Å². The van der Waals surface area contributed by atoms with Gasteiger partial charge in [0.15, 0.2) is 0 Å². The number of carbonyl (C=O) groups excluding carboxylic acids is 1. The zero-order chi connectivity index (χ0) is 18.4. The molecule has 6 nitrogen and oxygen atoms in total. The van der Waals surface area contributed by atoms with Gasteiger partial charge in [0.2, 0.25) is 0 Å². The normalized spacial score (nSPS) is 12.0. The summed E-state index contributed by atoms with van der Waals surface area (Å²) in [6, 6.07) is 11.7. The quantitative estimate of drug-likeness (QED) is 0.752. The lowest BCUT2D eigenvalue weighted by molar-refractivity contribution is 0.232. The van der Waals surface area contributed by atoms with E-state index in [2.05, 4.69) is 20.5 Å². The molecule has 0 saturated carbocycles. The van der Waals surface area contributed by atoms with Crippen LogP contribution in [0.25, 0.3) is 0 Å². The molecule has 0 unspecified atom stereocenters. The molecule has 1 aromatic carbocycles. The number of carbonyl (C=O) groups is 1. The fourth-order valence-corrected chi connectivity index (χ4v) is 2.80. The average Bonchev–Trinajstić information content (AvgIpc) is 2.54. The van der Waals surface area contributed by atoms with E-state index in [1.165, 1.54) is 0 Å². The molecule has 0 aliphatic rings. The van der Waals surface area contributed by atoms with Gasteiger partial charge in [-0.15, -0.1) is 0 Å². The number of aryl methyl sites for hydroxylation is 2. The minimum absolute atomic E-state index is 0.0801. The van der Waals surface area contributed by atoms with Crippen LogP contribution in [0.2, 0.25) is 0 Å². The van der Waals surface area contributed by atoms with E-state index in [1.807, 2.05) is 64.3 Å². The average molecular weight is 342 g/mol. The predicted octanol–water partition coefficient (Wildman–Crippen LogP) is 2.09. The third kappa shape index (κ3) is 5.19. The molecule has 1 aromatic heterocycles. The summed E-state index contributed by atoms with van der Waals surface area (Å²) < 4.78 is 0. The van der Waals surface area contributed by atoms with Gasteiger partial charge in [0.05, 0.1) is 12.6 Å². The summed E-state index contributed by atoms with van der Waals surface area (Å²) in [6.07, 6.45) is 0. The summed E-state index contributed by atoms with van der Waals surface area (Å²) in [5.41, 5.74) is 3.24. The minimum atomic E-state index is -0.290. The maximum atomic E-state index is 12.1. The number of pyridine rings is 1. The second-order valence-corrected chi connectivity index (χ2v) is 6.40. The van der Waals surface area contributed by atoms with Crippen molar-refractivity contribution in [3.63, 3.8) is 0 Å². The number of nitrogens with one attached hydrogen (secondary N) is 3. The third-order valence-corrected chi connectivity index (χ3v) is 4.18. The van der Waals surface area contributed by atoms with Crippen molar-refractivity contribution < 1.29 is 4.79 Å². The van der Waals surface area contributed by atoms with Crippen LogP contribution in [-0.2, 0) is 6.54 Å². The van der Waals surface area contributed by atoms with Gasteiger partial charge < -0.3 is 20.5 Å². The number of likely N-dealkylation sites (N-methyl/N-ethyl adjacent to an activating group) is 1. The van der Waals surface area contributed by atoms with Crippen molar-refractivity contribution in [3.05, 3.63) is 69.1 Å². The molecule has 0 aliphatic heterocycles. The molecule has 1 atom stereocenters. The van der Waals surface area contributed by atoms with Gasteiger partial charge in [-0.05, 0) is 45.1 Å². The van der Waals surface area contributed by atoms with E-state index in [0.717, 1.165) is 16.8 Å². The lowest BCUT2D eigenvalue weighted by Crippen LogP contribution is -2.41. The van der Waals surface area contributed by atoms with E-state index < -0.39 is 0 Å². The van der Waals surface area contributed by atoms with Gasteiger partial charge in [0, 0.05) is 17.8 Å². The SMILES string of the molecule is Cc1cc(C)c(CNC(=O)NC[C@@H](c2ccccc2)N(C)C)c(=O)[nH]1. The fraction of sp³-hybridized carbons (Fsp3) is 0.368. The number of rotatable bonds is 6. The minimum Gasteiger partial charge on any atom is -0.336 e. The number of nitrogens with zero attached hydrogens (tertiary/aromatic N) is 1. The van der Waals surface area contributed by atoms with Crippen molar-refractivity contribution in [1.82, 2.24) is 20.5 Å². The number of amides is 2. The molecule has 0 bridgehead atoms. The molecule has 0 saturated heterocycles. The van der Waals surface area contributed by atoms with Crippen LogP contribution >= 0.6 is 0 Å². The Hall–Kier alpha value is -2.60. The Bertz CT molecular complexity index is 769. The Morgan fingerprint density at radius 3 is 2.44 bits per heavy atom. The van der Waals surface area contributed by atoms with Crippen molar-refractivity contribution in [2.75, 3.05) is 20.6 Å². The van der Waals surface area contributed by atoms with Crippen LogP contribution in [-0.4, -0.2) is 36.6 Å². The first kappa shape index (κ1) is 18.7. The highest BCUT2D eigenvalue weighted by atomic mass is 16.2. The maximum Gasteiger partial charge on any atom is 0.315 e. The summed E-state index contributed by atoms with van der Waals surface area (Å²) in [4.78, 5) is 28.9. The van der Waals surface area contributed by atoms with Crippen molar-refractivity contribution in [1.29, 1.82) is 0 Å². The van der Waals surface area contributed by atoms with Crippen molar-refractivity contribution in [2.24, 2.45) is 0 Å². The Labute approximate surface area is 148 Å². The fourth-order valence-electron chi connectivity index (χ4n) is 2.80. The lowest BCUT2D eigenvalue weighted by Gasteiger charge is -2.25. The number of hydrogen-bond donors (Lipinski definition) is 3. The molecule has 25 heavy (non-hydrogen) atoms. The molecule has 3 N–H and O–H groups in total. The molecule has 0 radical (unpaired) electrons. The van der Waals surface area contributed by atoms with Gasteiger partial charge in [-0.25, -0.2) is 4.79 Å². The Morgan fingerprint density at radius 1 is 1.16 bits per heavy atom. The van der Waals surface area contributed by atoms with E-state index >= 15 is 0 Å². The molecule has 0 aliphatic carbocycles. The van der Waals surface area contributed by atoms with E-state index in [0.29, 0.717) is 12.1 Å². The van der Waals surface area contributed by atoms with Crippen LogP contribution in [0.4, 0.5) is 4.79 Å². The number of H-pyrrole nitrogens is 1. The first-order valence-corrected chi connectivity index (χ1v) is 8.31. The topological polar surface area (TPSA) is 77.2 Å².